The molecule has 24 heavy (non-hydrogen) atoms. The van der Waals surface area contributed by atoms with Gasteiger partial charge in [0.25, 0.3) is 5.91 Å². The molecule has 1 amide bonds. The van der Waals surface area contributed by atoms with E-state index in [2.05, 4.69) is 4.90 Å². The highest BCUT2D eigenvalue weighted by Gasteiger charge is 2.38. The molecular formula is C17H23FN2O4. The molecule has 2 heterocycles. The summed E-state index contributed by atoms with van der Waals surface area (Å²) in [5.41, 5.74) is -0.0744. The lowest BCUT2D eigenvalue weighted by Gasteiger charge is -2.45. The van der Waals surface area contributed by atoms with Crippen LogP contribution in [0.4, 0.5) is 4.39 Å². The standard InChI is InChI=1S/C17H23FN2O4/c1-19-8-9-24-13-6-7-20(10-12(13)19)17(21)15-11(18)4-5-14(22-2)16(15)23-3/h4-5,12-13H,6-10H2,1-3H3/t12-,13-/m1/s1. The zero-order valence-corrected chi connectivity index (χ0v) is 14.3. The van der Waals surface area contributed by atoms with E-state index in [0.29, 0.717) is 25.4 Å². The fourth-order valence-corrected chi connectivity index (χ4v) is 3.49. The lowest BCUT2D eigenvalue weighted by atomic mass is 9.98. The van der Waals surface area contributed by atoms with E-state index < -0.39 is 5.82 Å². The summed E-state index contributed by atoms with van der Waals surface area (Å²) in [4.78, 5) is 16.8. The van der Waals surface area contributed by atoms with Crippen LogP contribution in [0.15, 0.2) is 12.1 Å². The molecule has 2 aliphatic rings. The molecule has 0 bridgehead atoms. The van der Waals surface area contributed by atoms with E-state index in [-0.39, 0.29) is 29.4 Å². The van der Waals surface area contributed by atoms with Gasteiger partial charge in [-0.15, -0.1) is 0 Å². The van der Waals surface area contributed by atoms with Crippen LogP contribution in [0.5, 0.6) is 11.5 Å². The highest BCUT2D eigenvalue weighted by atomic mass is 19.1. The van der Waals surface area contributed by atoms with Crippen LogP contribution >= 0.6 is 0 Å². The van der Waals surface area contributed by atoms with Crippen molar-refractivity contribution in [2.45, 2.75) is 18.6 Å². The quantitative estimate of drug-likeness (QED) is 0.834. The number of carbonyl (C=O) groups is 1. The maximum Gasteiger partial charge on any atom is 0.260 e. The Hall–Kier alpha value is -1.86. The number of likely N-dealkylation sites (N-methyl/N-ethyl adjacent to an activating group) is 1. The normalized spacial score (nSPS) is 24.4. The predicted molar refractivity (Wildman–Crippen MR) is 86.2 cm³/mol. The predicted octanol–water partition coefficient (Wildman–Crippen LogP) is 1.39. The molecule has 0 aromatic heterocycles. The smallest absolute Gasteiger partial charge is 0.260 e. The second kappa shape index (κ2) is 6.94. The summed E-state index contributed by atoms with van der Waals surface area (Å²) in [6.45, 7) is 2.59. The number of amides is 1. The molecule has 6 nitrogen and oxygen atoms in total. The van der Waals surface area contributed by atoms with Gasteiger partial charge < -0.3 is 19.1 Å². The summed E-state index contributed by atoms with van der Waals surface area (Å²) in [6.07, 6.45) is 0.874. The van der Waals surface area contributed by atoms with Gasteiger partial charge in [0.1, 0.15) is 11.4 Å². The molecule has 0 unspecified atom stereocenters. The number of fused-ring (bicyclic) bond motifs is 1. The van der Waals surface area contributed by atoms with Crippen LogP contribution in [-0.2, 0) is 4.74 Å². The fourth-order valence-electron chi connectivity index (χ4n) is 3.49. The number of methoxy groups -OCH3 is 2. The lowest BCUT2D eigenvalue weighted by Crippen LogP contribution is -2.59. The maximum absolute atomic E-state index is 14.4. The summed E-state index contributed by atoms with van der Waals surface area (Å²) in [7, 11) is 4.90. The number of carbonyl (C=O) groups excluding carboxylic acids is 1. The van der Waals surface area contributed by atoms with Crippen LogP contribution in [0.3, 0.4) is 0 Å². The SMILES string of the molecule is COc1ccc(F)c(C(=O)N2CC[C@H]3OCCN(C)[C@@H]3C2)c1OC. The highest BCUT2D eigenvalue weighted by Crippen LogP contribution is 2.34. The Labute approximate surface area is 141 Å². The van der Waals surface area contributed by atoms with Crippen LogP contribution in [0.2, 0.25) is 0 Å². The zero-order chi connectivity index (χ0) is 17.3. The van der Waals surface area contributed by atoms with Crippen molar-refractivity contribution >= 4 is 5.91 Å². The largest absolute Gasteiger partial charge is 0.493 e. The van der Waals surface area contributed by atoms with Crippen LogP contribution in [0, 0.1) is 5.82 Å². The molecule has 2 atom stereocenters. The number of hydrogen-bond donors (Lipinski definition) is 0. The van der Waals surface area contributed by atoms with E-state index in [9.17, 15) is 9.18 Å². The first-order chi connectivity index (χ1) is 11.6. The first-order valence-corrected chi connectivity index (χ1v) is 8.08. The number of benzene rings is 1. The van der Waals surface area contributed by atoms with Crippen LogP contribution < -0.4 is 9.47 Å². The van der Waals surface area contributed by atoms with Gasteiger partial charge in [-0.1, -0.05) is 0 Å². The Morgan fingerprint density at radius 1 is 1.29 bits per heavy atom. The van der Waals surface area contributed by atoms with E-state index >= 15 is 0 Å². The van der Waals surface area contributed by atoms with Gasteiger partial charge in [-0.25, -0.2) is 4.39 Å². The summed E-state index contributed by atoms with van der Waals surface area (Å²) < 4.78 is 30.6. The van der Waals surface area contributed by atoms with Crippen LogP contribution in [0.1, 0.15) is 16.8 Å². The third-order valence-electron chi connectivity index (χ3n) is 4.86. The van der Waals surface area contributed by atoms with Crippen molar-refractivity contribution in [3.8, 4) is 11.5 Å². The van der Waals surface area contributed by atoms with E-state index in [1.807, 2.05) is 7.05 Å². The van der Waals surface area contributed by atoms with Crippen molar-refractivity contribution in [2.75, 3.05) is 47.5 Å². The van der Waals surface area contributed by atoms with Gasteiger partial charge in [-0.3, -0.25) is 9.69 Å². The number of morpholine rings is 1. The Bertz CT molecular complexity index is 625. The van der Waals surface area contributed by atoms with E-state index in [0.717, 1.165) is 13.0 Å². The number of halogens is 1. The van der Waals surface area contributed by atoms with Crippen molar-refractivity contribution < 1.29 is 23.4 Å². The third kappa shape index (κ3) is 2.93. The molecule has 1 aromatic carbocycles. The molecule has 2 aliphatic heterocycles. The van der Waals surface area contributed by atoms with Crippen molar-refractivity contribution in [1.82, 2.24) is 9.80 Å². The maximum atomic E-state index is 14.4. The first kappa shape index (κ1) is 17.0. The molecule has 0 spiro atoms. The number of hydrogen-bond acceptors (Lipinski definition) is 5. The van der Waals surface area contributed by atoms with Gasteiger partial charge in [-0.2, -0.15) is 0 Å². The average molecular weight is 338 g/mol. The van der Waals surface area contributed by atoms with Crippen LogP contribution in [-0.4, -0.2) is 75.4 Å². The molecular weight excluding hydrogens is 315 g/mol. The minimum absolute atomic E-state index is 0.0744. The van der Waals surface area contributed by atoms with Gasteiger partial charge in [0.15, 0.2) is 11.5 Å². The van der Waals surface area contributed by atoms with Crippen molar-refractivity contribution in [2.24, 2.45) is 0 Å². The van der Waals surface area contributed by atoms with Gasteiger partial charge in [0, 0.05) is 19.6 Å². The number of likely N-dealkylation sites (tertiary alicyclic amines) is 1. The molecule has 3 rings (SSSR count). The fraction of sp³-hybridized carbons (Fsp3) is 0.588. The van der Waals surface area contributed by atoms with Gasteiger partial charge in [0.2, 0.25) is 0 Å². The van der Waals surface area contributed by atoms with Crippen molar-refractivity contribution in [3.63, 3.8) is 0 Å². The molecule has 0 radical (unpaired) electrons. The molecule has 1 aromatic rings. The van der Waals surface area contributed by atoms with Gasteiger partial charge >= 0.3 is 0 Å². The Kier molecular flexibility index (Phi) is 4.91. The van der Waals surface area contributed by atoms with Gasteiger partial charge in [0.05, 0.1) is 33.0 Å². The molecule has 132 valence electrons. The van der Waals surface area contributed by atoms with E-state index in [4.69, 9.17) is 14.2 Å². The molecule has 2 fully saturated rings. The first-order valence-electron chi connectivity index (χ1n) is 8.08. The average Bonchev–Trinajstić information content (AvgIpc) is 2.61. The van der Waals surface area contributed by atoms with Gasteiger partial charge in [-0.05, 0) is 25.6 Å². The summed E-state index contributed by atoms with van der Waals surface area (Å²) in [5.74, 6) is -0.498. The summed E-state index contributed by atoms with van der Waals surface area (Å²) >= 11 is 0. The molecule has 0 aliphatic carbocycles. The van der Waals surface area contributed by atoms with Crippen LogP contribution in [0.25, 0.3) is 0 Å². The van der Waals surface area contributed by atoms with Crippen molar-refractivity contribution in [1.29, 1.82) is 0 Å². The Morgan fingerprint density at radius 3 is 2.79 bits per heavy atom. The molecule has 0 saturated carbocycles. The third-order valence-corrected chi connectivity index (χ3v) is 4.86. The number of rotatable bonds is 3. The molecule has 0 N–H and O–H groups in total. The number of ether oxygens (including phenoxy) is 3. The number of piperidine rings is 1. The topological polar surface area (TPSA) is 51.2 Å². The highest BCUT2D eigenvalue weighted by molar-refractivity contribution is 5.98. The summed E-state index contributed by atoms with van der Waals surface area (Å²) in [5, 5.41) is 0. The summed E-state index contributed by atoms with van der Waals surface area (Å²) in [6, 6.07) is 2.83. The van der Waals surface area contributed by atoms with E-state index in [1.54, 1.807) is 4.90 Å². The van der Waals surface area contributed by atoms with Crippen molar-refractivity contribution in [3.05, 3.63) is 23.5 Å². The van der Waals surface area contributed by atoms with E-state index in [1.165, 1.54) is 26.4 Å². The zero-order valence-electron chi connectivity index (χ0n) is 14.3. The molecule has 7 heteroatoms. The second-order valence-electron chi connectivity index (χ2n) is 6.15. The Morgan fingerprint density at radius 2 is 2.08 bits per heavy atom. The monoisotopic (exact) mass is 338 g/mol. The lowest BCUT2D eigenvalue weighted by molar-refractivity contribution is -0.0894. The molecule has 2 saturated heterocycles. The minimum atomic E-state index is -0.604. The minimum Gasteiger partial charge on any atom is -0.493 e. The Balaban J connectivity index is 1.87. The number of nitrogens with zero attached hydrogens (tertiary/aromatic N) is 2. The second-order valence-corrected chi connectivity index (χ2v) is 6.15.